The van der Waals surface area contributed by atoms with Crippen LogP contribution in [0.15, 0.2) is 53.6 Å². The smallest absolute Gasteiger partial charge is 0.350 e. The molecule has 390 valence electrons. The number of Topliss-reactive ketones (excluding diaryl/α,β-unsaturated/α-hetero) is 3. The first-order chi connectivity index (χ1) is 35.3. The van der Waals surface area contributed by atoms with Crippen molar-refractivity contribution < 1.29 is 66.9 Å². The summed E-state index contributed by atoms with van der Waals surface area (Å²) in [7, 11) is 0. The molecule has 6 N–H and O–H groups in total. The minimum Gasteiger partial charge on any atom is -0.387 e. The number of rotatable bonds is 22. The van der Waals surface area contributed by atoms with Crippen LogP contribution in [0.3, 0.4) is 0 Å². The summed E-state index contributed by atoms with van der Waals surface area (Å²) < 4.78 is 25.9. The molecule has 74 heavy (non-hydrogen) atoms. The molecule has 0 bridgehead atoms. The summed E-state index contributed by atoms with van der Waals surface area (Å²) in [6.45, 7) is 3.69. The van der Waals surface area contributed by atoms with Crippen LogP contribution in [0.5, 0.6) is 0 Å². The highest BCUT2D eigenvalue weighted by molar-refractivity contribution is 6.08. The van der Waals surface area contributed by atoms with Gasteiger partial charge in [0.2, 0.25) is 29.5 Å². The summed E-state index contributed by atoms with van der Waals surface area (Å²) >= 11 is 0. The number of aromatic nitrogens is 1. The molecule has 0 radical (unpaired) electrons. The number of ether oxygens (including phenoxy) is 2. The van der Waals surface area contributed by atoms with Crippen molar-refractivity contribution in [2.24, 2.45) is 11.7 Å². The first kappa shape index (κ1) is 52.9. The van der Waals surface area contributed by atoms with E-state index in [1.54, 1.807) is 57.2 Å². The number of hydrogen-bond acceptors (Lipinski definition) is 16. The second-order valence-electron chi connectivity index (χ2n) is 19.4. The van der Waals surface area contributed by atoms with Gasteiger partial charge in [0.1, 0.15) is 25.2 Å². The Labute approximate surface area is 424 Å². The van der Waals surface area contributed by atoms with E-state index in [1.165, 1.54) is 6.07 Å². The van der Waals surface area contributed by atoms with Crippen molar-refractivity contribution in [2.45, 2.75) is 115 Å². The number of carbonyl (C=O) groups excluding carboxylic acids is 10. The number of nitrogens with two attached hydrogens (primary N) is 1. The lowest BCUT2D eigenvalue weighted by Gasteiger charge is -2.36. The molecule has 0 spiro atoms. The van der Waals surface area contributed by atoms with Gasteiger partial charge in [0.15, 0.2) is 23.0 Å². The summed E-state index contributed by atoms with van der Waals surface area (Å²) in [6.07, 6.45) is 1.50. The molecule has 5 heterocycles. The van der Waals surface area contributed by atoms with Gasteiger partial charge < -0.3 is 41.2 Å². The molecule has 1 fully saturated rings. The van der Waals surface area contributed by atoms with Crippen LogP contribution in [0.1, 0.15) is 105 Å². The number of benzene rings is 2. The fraction of sp³-hybridized carbons (Fsp3) is 0.453. The first-order valence-electron chi connectivity index (χ1n) is 24.7. The lowest BCUT2D eigenvalue weighted by Crippen LogP contribution is -2.54. The Morgan fingerprint density at radius 1 is 0.986 bits per heavy atom. The SMILES string of the molecule is CC[C@@]1(O)C(=O)OC(=O)C2=C1C=C1c3nc4cc(F)c(C)c5c4c(c3CN1C2)[C@@H](CC(=O)COCNC(=O)CCC(=O)[C@H](Cc1ccccc1)NC(=O)CCC(=O)CNC(=O)[C@@H](CN)N1C(=O)CC(C)C1=O)CC5. The third kappa shape index (κ3) is 10.7. The third-order valence-corrected chi connectivity index (χ3v) is 14.6. The van der Waals surface area contributed by atoms with Crippen molar-refractivity contribution in [1.82, 2.24) is 30.7 Å². The number of hydrogen-bond donors (Lipinski definition) is 5. The summed E-state index contributed by atoms with van der Waals surface area (Å²) in [5.41, 5.74) is 9.03. The van der Waals surface area contributed by atoms with Crippen molar-refractivity contribution in [3.8, 4) is 0 Å². The van der Waals surface area contributed by atoms with Gasteiger partial charge in [-0.2, -0.15) is 0 Å². The highest BCUT2D eigenvalue weighted by Crippen LogP contribution is 2.49. The van der Waals surface area contributed by atoms with Gasteiger partial charge in [-0.3, -0.25) is 43.3 Å². The van der Waals surface area contributed by atoms with Gasteiger partial charge >= 0.3 is 11.9 Å². The van der Waals surface area contributed by atoms with Gasteiger partial charge in [0, 0.05) is 80.1 Å². The molecule has 3 aromatic rings. The molecule has 1 aromatic heterocycles. The molecule has 20 nitrogen and oxygen atoms in total. The van der Waals surface area contributed by atoms with Gasteiger partial charge in [0.05, 0.1) is 41.6 Å². The second kappa shape index (κ2) is 22.0. The van der Waals surface area contributed by atoms with Gasteiger partial charge in [-0.1, -0.05) is 44.2 Å². The Balaban J connectivity index is 0.834. The standard InChI is InChI=1S/C53H58FN7O13/c1-4-53(72)36-19-40-48-35(24-60(40)23-34(36)51(70)74-52(53)71)46-30(10-12-33-28(3)37(54)20-39(59-48)47(33)46)18-32(63)25-73-26-57-43(65)15-13-42(64)38(17-29-8-6-5-7-9-29)58-44(66)14-11-31(62)22-56-49(68)41(21-55)61-45(67)16-27(2)50(61)69/h5-9,19-20,27,30,38,41,72H,4,10-18,21-26,55H2,1-3H3,(H,56,68)(H,57,65)(H,58,66)/t27?,30-,38+,41-,53+/m1/s1. The van der Waals surface area contributed by atoms with Crippen LogP contribution in [0.2, 0.25) is 0 Å². The van der Waals surface area contributed by atoms with E-state index in [0.29, 0.717) is 41.9 Å². The maximum atomic E-state index is 15.4. The van der Waals surface area contributed by atoms with Crippen molar-refractivity contribution in [3.63, 3.8) is 0 Å². The van der Waals surface area contributed by atoms with Gasteiger partial charge in [-0.25, -0.2) is 19.0 Å². The number of imide groups is 1. The number of halogens is 1. The van der Waals surface area contributed by atoms with E-state index < -0.39 is 89.0 Å². The van der Waals surface area contributed by atoms with E-state index in [9.17, 15) is 53.1 Å². The predicted octanol–water partition coefficient (Wildman–Crippen LogP) is 1.72. The maximum Gasteiger partial charge on any atom is 0.350 e. The number of amides is 5. The first-order valence-corrected chi connectivity index (χ1v) is 24.7. The Morgan fingerprint density at radius 2 is 1.73 bits per heavy atom. The number of aryl methyl sites for hydroxylation is 1. The molecule has 2 aromatic carbocycles. The van der Waals surface area contributed by atoms with Crippen LogP contribution < -0.4 is 21.7 Å². The number of nitrogens with one attached hydrogen (secondary N) is 3. The number of nitrogens with zero attached hydrogens (tertiary/aromatic N) is 3. The Hall–Kier alpha value is -7.36. The van der Waals surface area contributed by atoms with Crippen LogP contribution >= 0.6 is 0 Å². The zero-order valence-electron chi connectivity index (χ0n) is 41.3. The van der Waals surface area contributed by atoms with E-state index in [4.69, 9.17) is 20.2 Å². The molecule has 4 aliphatic heterocycles. The third-order valence-electron chi connectivity index (χ3n) is 14.6. The lowest BCUT2D eigenvalue weighted by molar-refractivity contribution is -0.172. The minimum atomic E-state index is -2.04. The minimum absolute atomic E-state index is 0.0352. The quantitative estimate of drug-likeness (QED) is 0.0315. The largest absolute Gasteiger partial charge is 0.387 e. The molecule has 8 rings (SSSR count). The van der Waals surface area contributed by atoms with Crippen LogP contribution in [-0.2, 0) is 76.8 Å². The summed E-state index contributed by atoms with van der Waals surface area (Å²) in [6, 6.07) is 7.90. The Kier molecular flexibility index (Phi) is 15.7. The predicted molar refractivity (Wildman–Crippen MR) is 260 cm³/mol. The van der Waals surface area contributed by atoms with E-state index in [0.717, 1.165) is 32.5 Å². The zero-order valence-corrected chi connectivity index (χ0v) is 41.3. The highest BCUT2D eigenvalue weighted by atomic mass is 19.1. The zero-order chi connectivity index (χ0) is 53.2. The number of esters is 2. The van der Waals surface area contributed by atoms with E-state index >= 15 is 4.39 Å². The molecule has 21 heteroatoms. The molecule has 0 saturated carbocycles. The van der Waals surface area contributed by atoms with E-state index in [1.807, 2.05) is 4.90 Å². The van der Waals surface area contributed by atoms with Crippen molar-refractivity contribution >= 4 is 75.4 Å². The second-order valence-corrected chi connectivity index (χ2v) is 19.4. The highest BCUT2D eigenvalue weighted by Gasteiger charge is 2.51. The number of pyridine rings is 1. The topological polar surface area (TPSA) is 291 Å². The number of likely N-dealkylation sites (tertiary alicyclic amines) is 1. The average Bonchev–Trinajstić information content (AvgIpc) is 3.86. The average molecular weight is 1020 g/mol. The van der Waals surface area contributed by atoms with Crippen molar-refractivity contribution in [2.75, 3.05) is 33.0 Å². The normalized spacial score (nSPS) is 20.6. The molecule has 5 atom stereocenters. The van der Waals surface area contributed by atoms with Gasteiger partial charge in [0.25, 0.3) is 0 Å². The number of aliphatic hydroxyl groups is 1. The monoisotopic (exact) mass is 1020 g/mol. The van der Waals surface area contributed by atoms with Gasteiger partial charge in [-0.15, -0.1) is 0 Å². The molecule has 5 amide bonds. The molecule has 1 saturated heterocycles. The molecule has 1 unspecified atom stereocenters. The fourth-order valence-corrected chi connectivity index (χ4v) is 10.5. The van der Waals surface area contributed by atoms with E-state index in [-0.39, 0.29) is 101 Å². The summed E-state index contributed by atoms with van der Waals surface area (Å²) in [5.74, 6) is -7.49. The van der Waals surface area contributed by atoms with Gasteiger partial charge in [-0.05, 0) is 66.9 Å². The number of ketones is 3. The summed E-state index contributed by atoms with van der Waals surface area (Å²) in [5, 5.41) is 19.7. The number of fused-ring (bicyclic) bond motifs is 4. The van der Waals surface area contributed by atoms with Crippen LogP contribution in [0.4, 0.5) is 4.39 Å². The molecule has 5 aliphatic rings. The molecular weight excluding hydrogens is 962 g/mol. The van der Waals surface area contributed by atoms with Crippen molar-refractivity contribution in [1.29, 1.82) is 0 Å². The van der Waals surface area contributed by atoms with E-state index in [2.05, 4.69) is 16.0 Å². The Morgan fingerprint density at radius 3 is 2.43 bits per heavy atom. The number of cyclic esters (lactones) is 2. The summed E-state index contributed by atoms with van der Waals surface area (Å²) in [4.78, 5) is 136. The van der Waals surface area contributed by atoms with Crippen LogP contribution in [-0.4, -0.2) is 129 Å². The fourth-order valence-electron chi connectivity index (χ4n) is 10.5. The van der Waals surface area contributed by atoms with Crippen LogP contribution in [0, 0.1) is 18.7 Å². The van der Waals surface area contributed by atoms with Crippen LogP contribution in [0.25, 0.3) is 16.6 Å². The molecule has 1 aliphatic carbocycles. The molecular formula is C53H58FN7O13. The number of carbonyl (C=O) groups is 10. The Bertz CT molecular complexity index is 2960. The van der Waals surface area contributed by atoms with Crippen molar-refractivity contribution in [3.05, 3.63) is 92.9 Å². The lowest BCUT2D eigenvalue weighted by atomic mass is 9.76. The maximum absolute atomic E-state index is 15.4.